The molecule has 188 valence electrons. The molecule has 1 aliphatic heterocycles. The summed E-state index contributed by atoms with van der Waals surface area (Å²) in [5, 5.41) is 5.37. The number of hydrogen-bond donors (Lipinski definition) is 0. The highest BCUT2D eigenvalue weighted by atomic mass is 35.5. The zero-order valence-electron chi connectivity index (χ0n) is 20.1. The van der Waals surface area contributed by atoms with Crippen LogP contribution >= 0.6 is 35.6 Å². The molecule has 0 unspecified atom stereocenters. The molecule has 9 heteroatoms. The average molecular weight is 550 g/mol. The monoisotopic (exact) mass is 549 g/mol. The first-order chi connectivity index (χ1) is 18.0. The van der Waals surface area contributed by atoms with Crippen LogP contribution < -0.4 is 4.74 Å². The van der Waals surface area contributed by atoms with Gasteiger partial charge in [-0.1, -0.05) is 67.1 Å². The van der Waals surface area contributed by atoms with Gasteiger partial charge in [0.2, 0.25) is 0 Å². The van der Waals surface area contributed by atoms with Crippen LogP contribution in [0.15, 0.2) is 82.4 Å². The number of unbranched alkanes of at least 4 members (excludes halogenated alkanes) is 1. The molecular formula is C28H24ClN3O3S2. The van der Waals surface area contributed by atoms with E-state index in [1.807, 2.05) is 66.9 Å². The maximum Gasteiger partial charge on any atom is 0.266 e. The summed E-state index contributed by atoms with van der Waals surface area (Å²) in [7, 11) is 0. The van der Waals surface area contributed by atoms with Crippen molar-refractivity contribution in [1.29, 1.82) is 0 Å². The molecule has 37 heavy (non-hydrogen) atoms. The fourth-order valence-corrected chi connectivity index (χ4v) is 5.34. The van der Waals surface area contributed by atoms with Gasteiger partial charge in [0.05, 0.1) is 35.0 Å². The number of benzene rings is 2. The van der Waals surface area contributed by atoms with Crippen LogP contribution in [0.5, 0.6) is 5.75 Å². The number of aromatic nitrogens is 2. The van der Waals surface area contributed by atoms with Crippen LogP contribution in [0.25, 0.3) is 23.0 Å². The Morgan fingerprint density at radius 2 is 2.00 bits per heavy atom. The maximum atomic E-state index is 13.2. The molecule has 2 aromatic heterocycles. The number of halogens is 1. The normalized spacial score (nSPS) is 14.6. The van der Waals surface area contributed by atoms with Crippen molar-refractivity contribution in [3.05, 3.63) is 94.4 Å². The topological polar surface area (TPSA) is 60.5 Å². The first kappa shape index (κ1) is 25.3. The minimum absolute atomic E-state index is 0.164. The number of thioether (sulfide) groups is 1. The van der Waals surface area contributed by atoms with Gasteiger partial charge in [-0.3, -0.25) is 9.69 Å². The summed E-state index contributed by atoms with van der Waals surface area (Å²) in [4.78, 5) is 15.3. The van der Waals surface area contributed by atoms with Crippen molar-refractivity contribution < 1.29 is 13.9 Å². The maximum absolute atomic E-state index is 13.2. The van der Waals surface area contributed by atoms with E-state index in [-0.39, 0.29) is 5.91 Å². The Labute approximate surface area is 229 Å². The lowest BCUT2D eigenvalue weighted by Crippen LogP contribution is -2.27. The lowest BCUT2D eigenvalue weighted by molar-refractivity contribution is -0.122. The summed E-state index contributed by atoms with van der Waals surface area (Å²) in [5.41, 5.74) is 3.19. The Morgan fingerprint density at radius 3 is 2.73 bits per heavy atom. The van der Waals surface area contributed by atoms with Crippen LogP contribution in [-0.2, 0) is 11.3 Å². The molecular weight excluding hydrogens is 526 g/mol. The van der Waals surface area contributed by atoms with Crippen molar-refractivity contribution in [2.24, 2.45) is 0 Å². The minimum Gasteiger partial charge on any atom is -0.492 e. The average Bonchev–Trinajstić information content (AvgIpc) is 3.63. The zero-order chi connectivity index (χ0) is 25.8. The molecule has 3 heterocycles. The molecule has 0 atom stereocenters. The summed E-state index contributed by atoms with van der Waals surface area (Å²) in [6.07, 6.45) is 7.33. The van der Waals surface area contributed by atoms with E-state index in [2.05, 4.69) is 6.92 Å². The lowest BCUT2D eigenvalue weighted by Gasteiger charge is -2.12. The van der Waals surface area contributed by atoms with E-state index in [0.29, 0.717) is 44.6 Å². The highest BCUT2D eigenvalue weighted by Gasteiger charge is 2.33. The van der Waals surface area contributed by atoms with Crippen LogP contribution in [0, 0.1) is 0 Å². The number of ether oxygens (including phenoxy) is 1. The molecule has 0 saturated carbocycles. The van der Waals surface area contributed by atoms with Gasteiger partial charge in [0.15, 0.2) is 0 Å². The van der Waals surface area contributed by atoms with Gasteiger partial charge in [0, 0.05) is 17.3 Å². The number of hydrogen-bond acceptors (Lipinski definition) is 6. The van der Waals surface area contributed by atoms with Gasteiger partial charge < -0.3 is 9.15 Å². The number of nitrogens with zero attached hydrogens (tertiary/aromatic N) is 3. The molecule has 6 nitrogen and oxygen atoms in total. The first-order valence-electron chi connectivity index (χ1n) is 11.9. The molecule has 4 aromatic rings. The molecule has 1 amide bonds. The van der Waals surface area contributed by atoms with Gasteiger partial charge in [-0.05, 0) is 55.0 Å². The van der Waals surface area contributed by atoms with Crippen LogP contribution in [0.1, 0.15) is 31.1 Å². The van der Waals surface area contributed by atoms with Gasteiger partial charge in [-0.25, -0.2) is 4.68 Å². The van der Waals surface area contributed by atoms with E-state index in [0.717, 1.165) is 29.7 Å². The number of carbonyl (C=O) groups excluding carboxylic acids is 1. The van der Waals surface area contributed by atoms with Crippen LogP contribution in [0.3, 0.4) is 0 Å². The second-order valence-corrected chi connectivity index (χ2v) is 10.5. The number of thiocarbonyl (C=S) groups is 1. The smallest absolute Gasteiger partial charge is 0.266 e. The van der Waals surface area contributed by atoms with Gasteiger partial charge in [0.25, 0.3) is 5.91 Å². The zero-order valence-corrected chi connectivity index (χ0v) is 22.5. The van der Waals surface area contributed by atoms with E-state index in [4.69, 9.17) is 38.1 Å². The van der Waals surface area contributed by atoms with Crippen molar-refractivity contribution in [3.63, 3.8) is 0 Å². The highest BCUT2D eigenvalue weighted by molar-refractivity contribution is 8.26. The summed E-state index contributed by atoms with van der Waals surface area (Å²) in [6.45, 7) is 3.02. The fraction of sp³-hybridized carbons (Fsp3) is 0.179. The van der Waals surface area contributed by atoms with Crippen molar-refractivity contribution >= 4 is 51.9 Å². The lowest BCUT2D eigenvalue weighted by atomic mass is 10.1. The minimum atomic E-state index is -0.164. The van der Waals surface area contributed by atoms with E-state index in [9.17, 15) is 4.79 Å². The number of rotatable bonds is 9. The first-order valence-corrected chi connectivity index (χ1v) is 13.5. The molecule has 0 bridgehead atoms. The third kappa shape index (κ3) is 5.66. The van der Waals surface area contributed by atoms with E-state index >= 15 is 0 Å². The Morgan fingerprint density at radius 1 is 1.16 bits per heavy atom. The predicted molar refractivity (Wildman–Crippen MR) is 152 cm³/mol. The number of furan rings is 1. The Hall–Kier alpha value is -3.33. The van der Waals surface area contributed by atoms with Crippen LogP contribution in [-0.4, -0.2) is 31.5 Å². The molecule has 1 fully saturated rings. The molecule has 0 N–H and O–H groups in total. The number of amides is 1. The van der Waals surface area contributed by atoms with Crippen LogP contribution in [0.4, 0.5) is 0 Å². The summed E-state index contributed by atoms with van der Waals surface area (Å²) < 4.78 is 13.5. The molecule has 1 aliphatic rings. The van der Waals surface area contributed by atoms with Crippen molar-refractivity contribution in [1.82, 2.24) is 14.7 Å². The Bertz CT molecular complexity index is 1450. The Kier molecular flexibility index (Phi) is 7.79. The predicted octanol–water partition coefficient (Wildman–Crippen LogP) is 7.37. The van der Waals surface area contributed by atoms with E-state index in [1.165, 1.54) is 11.8 Å². The third-order valence-electron chi connectivity index (χ3n) is 5.78. The van der Waals surface area contributed by atoms with Crippen molar-refractivity contribution in [2.75, 3.05) is 6.61 Å². The largest absolute Gasteiger partial charge is 0.492 e. The third-order valence-corrected chi connectivity index (χ3v) is 7.45. The van der Waals surface area contributed by atoms with E-state index in [1.54, 1.807) is 21.9 Å². The fourth-order valence-electron chi connectivity index (χ4n) is 3.86. The quantitative estimate of drug-likeness (QED) is 0.123. The van der Waals surface area contributed by atoms with Crippen molar-refractivity contribution in [3.8, 4) is 22.7 Å². The Balaban J connectivity index is 1.50. The number of carbonyl (C=O) groups is 1. The second kappa shape index (κ2) is 11.4. The van der Waals surface area contributed by atoms with Crippen molar-refractivity contribution in [2.45, 2.75) is 26.3 Å². The number of para-hydroxylation sites is 1. The van der Waals surface area contributed by atoms with Gasteiger partial charge in [-0.15, -0.1) is 0 Å². The van der Waals surface area contributed by atoms with E-state index < -0.39 is 0 Å². The molecule has 0 spiro atoms. The molecule has 2 aromatic carbocycles. The van der Waals surface area contributed by atoms with Gasteiger partial charge in [-0.2, -0.15) is 5.10 Å². The van der Waals surface area contributed by atoms with Crippen LogP contribution in [0.2, 0.25) is 5.02 Å². The molecule has 1 saturated heterocycles. The summed E-state index contributed by atoms with van der Waals surface area (Å²) in [6, 6.07) is 19.1. The molecule has 0 radical (unpaired) electrons. The summed E-state index contributed by atoms with van der Waals surface area (Å²) >= 11 is 13.3. The van der Waals surface area contributed by atoms with Gasteiger partial charge in [0.1, 0.15) is 21.5 Å². The standard InChI is InChI=1S/C28H24ClN3O3S2/c1-2-3-13-35-24-12-11-19(15-23(24)29)26-20(17-32(30-26)21-8-5-4-6-9-21)16-25-27(33)31(28(36)37-25)18-22-10-7-14-34-22/h4-12,14-17H,2-3,13,18H2,1H3/b25-16-. The molecule has 0 aliphatic carbocycles. The second-order valence-electron chi connectivity index (χ2n) is 8.41. The summed E-state index contributed by atoms with van der Waals surface area (Å²) in [5.74, 6) is 1.15. The highest BCUT2D eigenvalue weighted by Crippen LogP contribution is 2.37. The molecule has 5 rings (SSSR count). The van der Waals surface area contributed by atoms with Gasteiger partial charge >= 0.3 is 0 Å². The SMILES string of the molecule is CCCCOc1ccc(-c2nn(-c3ccccc3)cc2/C=C2\SC(=S)N(Cc3ccco3)C2=O)cc1Cl.